The largest absolute Gasteiger partial charge is 0.441 e. The Morgan fingerprint density at radius 3 is 3.21 bits per heavy atom. The lowest BCUT2D eigenvalue weighted by Crippen LogP contribution is -2.44. The quantitative estimate of drug-likeness (QED) is 0.890. The molecule has 24 heavy (non-hydrogen) atoms. The van der Waals surface area contributed by atoms with Gasteiger partial charge in [0, 0.05) is 19.5 Å². The molecule has 0 radical (unpaired) electrons. The molecular formula is C18H24ClN3O2. The van der Waals surface area contributed by atoms with Crippen molar-refractivity contribution in [2.45, 2.75) is 32.6 Å². The number of halogens is 1. The van der Waals surface area contributed by atoms with Gasteiger partial charge in [0.15, 0.2) is 11.5 Å². The third kappa shape index (κ3) is 2.80. The van der Waals surface area contributed by atoms with Crippen LogP contribution >= 0.6 is 12.4 Å². The van der Waals surface area contributed by atoms with Gasteiger partial charge >= 0.3 is 0 Å². The van der Waals surface area contributed by atoms with Gasteiger partial charge in [-0.05, 0) is 43.9 Å². The minimum absolute atomic E-state index is 0. The molecule has 6 heteroatoms. The van der Waals surface area contributed by atoms with Crippen LogP contribution in [0.25, 0.3) is 11.1 Å². The highest BCUT2D eigenvalue weighted by Crippen LogP contribution is 2.45. The van der Waals surface area contributed by atoms with Gasteiger partial charge in [0.2, 0.25) is 5.91 Å². The molecule has 130 valence electrons. The Bertz CT molecular complexity index is 733. The number of nitrogens with zero attached hydrogens (tertiary/aromatic N) is 1. The Morgan fingerprint density at radius 2 is 2.38 bits per heavy atom. The van der Waals surface area contributed by atoms with Crippen LogP contribution in [0.1, 0.15) is 30.7 Å². The number of carbonyl (C=O) groups excluding carboxylic acids is 1. The Hall–Kier alpha value is -1.59. The summed E-state index contributed by atoms with van der Waals surface area (Å²) in [5.41, 5.74) is 2.69. The minimum atomic E-state index is -0.169. The van der Waals surface area contributed by atoms with Crippen molar-refractivity contribution in [3.63, 3.8) is 0 Å². The van der Waals surface area contributed by atoms with Gasteiger partial charge in [-0.25, -0.2) is 4.98 Å². The second-order valence-electron chi connectivity index (χ2n) is 6.91. The molecule has 2 aromatic rings. The first-order chi connectivity index (χ1) is 11.2. The fourth-order valence-electron chi connectivity index (χ4n) is 4.22. The lowest BCUT2D eigenvalue weighted by molar-refractivity contribution is -0.131. The summed E-state index contributed by atoms with van der Waals surface area (Å²) in [4.78, 5) is 17.2. The average molecular weight is 350 g/mol. The Balaban J connectivity index is 0.00000169. The number of amides is 1. The Morgan fingerprint density at radius 1 is 1.50 bits per heavy atom. The first kappa shape index (κ1) is 17.2. The molecule has 0 unspecified atom stereocenters. The van der Waals surface area contributed by atoms with Crippen LogP contribution in [-0.4, -0.2) is 30.5 Å². The van der Waals surface area contributed by atoms with Crippen molar-refractivity contribution in [3.8, 4) is 0 Å². The van der Waals surface area contributed by atoms with Crippen molar-refractivity contribution in [1.82, 2.24) is 15.6 Å². The van der Waals surface area contributed by atoms with E-state index in [0.717, 1.165) is 36.2 Å². The average Bonchev–Trinajstić information content (AvgIpc) is 3.20. The summed E-state index contributed by atoms with van der Waals surface area (Å²) in [5, 5.41) is 6.50. The van der Waals surface area contributed by atoms with E-state index in [2.05, 4.69) is 15.6 Å². The number of hydrogen-bond donors (Lipinski definition) is 2. The van der Waals surface area contributed by atoms with E-state index in [9.17, 15) is 4.79 Å². The summed E-state index contributed by atoms with van der Waals surface area (Å²) in [6, 6.07) is 5.94. The zero-order chi connectivity index (χ0) is 15.9. The highest BCUT2D eigenvalue weighted by atomic mass is 35.5. The van der Waals surface area contributed by atoms with Crippen molar-refractivity contribution in [3.05, 3.63) is 29.7 Å². The molecule has 5 nitrogen and oxygen atoms in total. The van der Waals surface area contributed by atoms with Gasteiger partial charge in [-0.15, -0.1) is 12.4 Å². The van der Waals surface area contributed by atoms with Crippen LogP contribution < -0.4 is 10.6 Å². The summed E-state index contributed by atoms with van der Waals surface area (Å²) in [7, 11) is 0. The van der Waals surface area contributed by atoms with Gasteiger partial charge in [-0.2, -0.15) is 0 Å². The molecule has 2 N–H and O–H groups in total. The summed E-state index contributed by atoms with van der Waals surface area (Å²) in [6.45, 7) is 4.42. The molecule has 2 fully saturated rings. The SMILES string of the molecule is Cc1cccc2oc(CCNC(=O)[C@@]34CCC[C@@H]3CNC4)nc12.Cl. The number of aromatic nitrogens is 1. The molecule has 0 spiro atoms. The number of hydrogen-bond acceptors (Lipinski definition) is 4. The van der Waals surface area contributed by atoms with E-state index < -0.39 is 0 Å². The molecule has 2 atom stereocenters. The predicted molar refractivity (Wildman–Crippen MR) is 95.4 cm³/mol. The second-order valence-corrected chi connectivity index (χ2v) is 6.91. The second kappa shape index (κ2) is 6.73. The van der Waals surface area contributed by atoms with Crippen LogP contribution in [0.5, 0.6) is 0 Å². The van der Waals surface area contributed by atoms with E-state index in [4.69, 9.17) is 4.42 Å². The van der Waals surface area contributed by atoms with Gasteiger partial charge in [0.25, 0.3) is 0 Å². The Kier molecular flexibility index (Phi) is 4.83. The molecule has 1 aromatic carbocycles. The van der Waals surface area contributed by atoms with Crippen molar-refractivity contribution >= 4 is 29.4 Å². The number of para-hydroxylation sites is 1. The van der Waals surface area contributed by atoms with Crippen LogP contribution in [0, 0.1) is 18.3 Å². The third-order valence-corrected chi connectivity index (χ3v) is 5.53. The van der Waals surface area contributed by atoms with Gasteiger partial charge in [-0.3, -0.25) is 4.79 Å². The lowest BCUT2D eigenvalue weighted by Gasteiger charge is -2.26. The van der Waals surface area contributed by atoms with E-state index in [1.807, 2.05) is 25.1 Å². The van der Waals surface area contributed by atoms with Crippen molar-refractivity contribution in [1.29, 1.82) is 0 Å². The van der Waals surface area contributed by atoms with E-state index in [1.165, 1.54) is 12.8 Å². The first-order valence-corrected chi connectivity index (χ1v) is 8.53. The smallest absolute Gasteiger partial charge is 0.227 e. The van der Waals surface area contributed by atoms with Crippen LogP contribution in [-0.2, 0) is 11.2 Å². The Labute approximate surface area is 148 Å². The summed E-state index contributed by atoms with van der Waals surface area (Å²) in [6.07, 6.45) is 3.99. The summed E-state index contributed by atoms with van der Waals surface area (Å²) in [5.74, 6) is 1.41. The number of carbonyl (C=O) groups is 1. The fraction of sp³-hybridized carbons (Fsp3) is 0.556. The molecular weight excluding hydrogens is 326 g/mol. The molecule has 1 amide bonds. The summed E-state index contributed by atoms with van der Waals surface area (Å²) < 4.78 is 5.77. The molecule has 4 rings (SSSR count). The fourth-order valence-corrected chi connectivity index (χ4v) is 4.22. The van der Waals surface area contributed by atoms with Crippen molar-refractivity contribution < 1.29 is 9.21 Å². The monoisotopic (exact) mass is 349 g/mol. The number of nitrogens with one attached hydrogen (secondary N) is 2. The number of oxazole rings is 1. The van der Waals surface area contributed by atoms with Crippen LogP contribution in [0.3, 0.4) is 0 Å². The number of fused-ring (bicyclic) bond motifs is 2. The van der Waals surface area contributed by atoms with Crippen molar-refractivity contribution in [2.24, 2.45) is 11.3 Å². The van der Waals surface area contributed by atoms with Crippen LogP contribution in [0.15, 0.2) is 22.6 Å². The zero-order valence-corrected chi connectivity index (χ0v) is 14.7. The van der Waals surface area contributed by atoms with Gasteiger partial charge in [0.05, 0.1) is 5.41 Å². The van der Waals surface area contributed by atoms with Crippen molar-refractivity contribution in [2.75, 3.05) is 19.6 Å². The summed E-state index contributed by atoms with van der Waals surface area (Å²) >= 11 is 0. The van der Waals surface area contributed by atoms with Crippen LogP contribution in [0.2, 0.25) is 0 Å². The molecule has 1 saturated heterocycles. The van der Waals surface area contributed by atoms with E-state index >= 15 is 0 Å². The molecule has 1 saturated carbocycles. The minimum Gasteiger partial charge on any atom is -0.441 e. The molecule has 0 bridgehead atoms. The molecule has 2 heterocycles. The zero-order valence-electron chi connectivity index (χ0n) is 13.9. The topological polar surface area (TPSA) is 67.2 Å². The van der Waals surface area contributed by atoms with Gasteiger partial charge in [0.1, 0.15) is 5.52 Å². The van der Waals surface area contributed by atoms with Gasteiger partial charge < -0.3 is 15.1 Å². The maximum atomic E-state index is 12.7. The lowest BCUT2D eigenvalue weighted by atomic mass is 9.80. The highest BCUT2D eigenvalue weighted by Gasteiger charge is 2.51. The van der Waals surface area contributed by atoms with E-state index in [0.29, 0.717) is 24.8 Å². The van der Waals surface area contributed by atoms with E-state index in [-0.39, 0.29) is 23.7 Å². The molecule has 2 aliphatic rings. The molecule has 1 aromatic heterocycles. The van der Waals surface area contributed by atoms with Crippen LogP contribution in [0.4, 0.5) is 0 Å². The van der Waals surface area contributed by atoms with E-state index in [1.54, 1.807) is 0 Å². The predicted octanol–water partition coefficient (Wildman–Crippen LogP) is 2.61. The first-order valence-electron chi connectivity index (χ1n) is 8.53. The maximum absolute atomic E-state index is 12.7. The number of benzene rings is 1. The highest BCUT2D eigenvalue weighted by molar-refractivity contribution is 5.85. The standard InChI is InChI=1S/C18H23N3O2.ClH/c1-12-4-2-6-14-16(12)21-15(23-14)7-9-20-17(22)18-8-3-5-13(18)10-19-11-18;/h2,4,6,13,19H,3,5,7-11H2,1H3,(H,20,22);1H/t13-,18-;/m1./s1. The maximum Gasteiger partial charge on any atom is 0.227 e. The normalized spacial score (nSPS) is 25.5. The third-order valence-electron chi connectivity index (χ3n) is 5.53. The van der Waals surface area contributed by atoms with Gasteiger partial charge in [-0.1, -0.05) is 18.6 Å². The molecule has 1 aliphatic heterocycles. The number of aryl methyl sites for hydroxylation is 1. The number of rotatable bonds is 4. The molecule has 1 aliphatic carbocycles.